The smallest absolute Gasteiger partial charge is 0.415 e. The van der Waals surface area contributed by atoms with E-state index in [9.17, 15) is 9.59 Å². The lowest BCUT2D eigenvalue weighted by molar-refractivity contribution is -0.132. The summed E-state index contributed by atoms with van der Waals surface area (Å²) in [5.74, 6) is 0.399. The van der Waals surface area contributed by atoms with Crippen molar-refractivity contribution in [3.05, 3.63) is 28.2 Å². The molecule has 4 nitrogen and oxygen atoms in total. The third-order valence-electron chi connectivity index (χ3n) is 2.94. The summed E-state index contributed by atoms with van der Waals surface area (Å²) in [4.78, 5) is 24.1. The van der Waals surface area contributed by atoms with E-state index in [4.69, 9.17) is 4.74 Å². The second-order valence-electron chi connectivity index (χ2n) is 3.91. The first-order chi connectivity index (χ1) is 8.12. The van der Waals surface area contributed by atoms with Crippen molar-refractivity contribution < 1.29 is 14.3 Å². The molecule has 0 aromatic heterocycles. The van der Waals surface area contributed by atoms with E-state index in [0.717, 1.165) is 20.7 Å². The molecule has 1 aromatic carbocycles. The minimum atomic E-state index is -1.11. The quantitative estimate of drug-likeness (QED) is 0.799. The van der Waals surface area contributed by atoms with E-state index < -0.39 is 11.7 Å². The lowest BCUT2D eigenvalue weighted by Gasteiger charge is -2.30. The summed E-state index contributed by atoms with van der Waals surface area (Å²) in [5, 5.41) is 2.21. The normalized spacial score (nSPS) is 26.6. The van der Waals surface area contributed by atoms with E-state index >= 15 is 0 Å². The van der Waals surface area contributed by atoms with Crippen molar-refractivity contribution >= 4 is 39.7 Å². The molecular formula is C11H8BrNO3S. The highest BCUT2D eigenvalue weighted by molar-refractivity contribution is 9.10. The Kier molecular flexibility index (Phi) is 2.45. The van der Waals surface area contributed by atoms with E-state index in [-0.39, 0.29) is 5.91 Å². The standard InChI is InChI=1S/C11H8BrNO3S/c12-6-1-2-7-8(5-6)17-4-3-11(7)9(14)13-10(15)16-11/h1-2,5H,3-4H2,(H,13,14,15)/t11-/m0/s1. The number of nitrogens with one attached hydrogen (secondary N) is 1. The average molecular weight is 314 g/mol. The van der Waals surface area contributed by atoms with Crippen molar-refractivity contribution in [2.75, 3.05) is 5.75 Å². The van der Waals surface area contributed by atoms with Crippen molar-refractivity contribution in [1.29, 1.82) is 0 Å². The average Bonchev–Trinajstić information content (AvgIpc) is 2.54. The zero-order valence-electron chi connectivity index (χ0n) is 8.66. The van der Waals surface area contributed by atoms with E-state index in [2.05, 4.69) is 21.2 Å². The Bertz CT molecular complexity index is 533. The maximum atomic E-state index is 11.9. The molecule has 17 heavy (non-hydrogen) atoms. The summed E-state index contributed by atoms with van der Waals surface area (Å²) in [6.07, 6.45) is -0.139. The summed E-state index contributed by atoms with van der Waals surface area (Å²) in [5.41, 5.74) is -0.335. The molecule has 1 aromatic rings. The van der Waals surface area contributed by atoms with Crippen molar-refractivity contribution in [3.63, 3.8) is 0 Å². The lowest BCUT2D eigenvalue weighted by Crippen LogP contribution is -2.39. The zero-order valence-corrected chi connectivity index (χ0v) is 11.1. The maximum absolute atomic E-state index is 11.9. The number of halogens is 1. The van der Waals surface area contributed by atoms with Gasteiger partial charge in [0.1, 0.15) is 0 Å². The van der Waals surface area contributed by atoms with Gasteiger partial charge < -0.3 is 4.74 Å². The molecule has 0 unspecified atom stereocenters. The molecule has 2 aliphatic rings. The third kappa shape index (κ3) is 1.58. The number of imide groups is 1. The number of carbonyl (C=O) groups excluding carboxylic acids is 2. The van der Waals surface area contributed by atoms with Crippen molar-refractivity contribution in [1.82, 2.24) is 5.32 Å². The minimum absolute atomic E-state index is 0.355. The summed E-state index contributed by atoms with van der Waals surface area (Å²) >= 11 is 5.06. The number of thioether (sulfide) groups is 1. The highest BCUT2D eigenvalue weighted by atomic mass is 79.9. The number of rotatable bonds is 0. The number of alkyl carbamates (subject to hydrolysis) is 1. The topological polar surface area (TPSA) is 55.4 Å². The molecule has 0 bridgehead atoms. The fourth-order valence-electron chi connectivity index (χ4n) is 2.15. The summed E-state index contributed by atoms with van der Waals surface area (Å²) in [6.45, 7) is 0. The van der Waals surface area contributed by atoms with Gasteiger partial charge in [-0.3, -0.25) is 10.1 Å². The van der Waals surface area contributed by atoms with Gasteiger partial charge in [0, 0.05) is 27.1 Å². The van der Waals surface area contributed by atoms with Crippen LogP contribution in [-0.4, -0.2) is 17.8 Å². The lowest BCUT2D eigenvalue weighted by atomic mass is 9.90. The molecule has 2 aliphatic heterocycles. The first-order valence-electron chi connectivity index (χ1n) is 5.09. The second kappa shape index (κ2) is 3.74. The summed E-state index contributed by atoms with van der Waals surface area (Å²) in [7, 11) is 0. The summed E-state index contributed by atoms with van der Waals surface area (Å²) < 4.78 is 6.19. The first kappa shape index (κ1) is 11.1. The number of ether oxygens (including phenoxy) is 1. The third-order valence-corrected chi connectivity index (χ3v) is 4.49. The molecule has 1 N–H and O–H groups in total. The molecule has 3 rings (SSSR count). The zero-order chi connectivity index (χ0) is 12.0. The van der Waals surface area contributed by atoms with Crippen LogP contribution in [0.15, 0.2) is 27.6 Å². The molecule has 1 saturated heterocycles. The van der Waals surface area contributed by atoms with Gasteiger partial charge in [-0.1, -0.05) is 22.0 Å². The highest BCUT2D eigenvalue weighted by Crippen LogP contribution is 2.45. The Morgan fingerprint density at radius 2 is 2.24 bits per heavy atom. The predicted octanol–water partition coefficient (Wildman–Crippen LogP) is 2.41. The fourth-order valence-corrected chi connectivity index (χ4v) is 3.87. The second-order valence-corrected chi connectivity index (χ2v) is 5.96. The number of amides is 2. The van der Waals surface area contributed by atoms with Gasteiger partial charge in [-0.05, 0) is 12.1 Å². The molecule has 2 heterocycles. The maximum Gasteiger partial charge on any atom is 0.415 e. The monoisotopic (exact) mass is 313 g/mol. The van der Waals surface area contributed by atoms with E-state index in [1.807, 2.05) is 18.2 Å². The van der Waals surface area contributed by atoms with Crippen LogP contribution in [0.4, 0.5) is 4.79 Å². The van der Waals surface area contributed by atoms with Gasteiger partial charge in [0.25, 0.3) is 5.91 Å². The number of carbonyl (C=O) groups is 2. The van der Waals surface area contributed by atoms with Crippen LogP contribution in [0.1, 0.15) is 12.0 Å². The Morgan fingerprint density at radius 1 is 1.41 bits per heavy atom. The van der Waals surface area contributed by atoms with Gasteiger partial charge in [-0.2, -0.15) is 0 Å². The van der Waals surface area contributed by atoms with Crippen LogP contribution in [-0.2, 0) is 15.1 Å². The van der Waals surface area contributed by atoms with Crippen LogP contribution in [0.5, 0.6) is 0 Å². The van der Waals surface area contributed by atoms with Crippen LogP contribution in [0.2, 0.25) is 0 Å². The SMILES string of the molecule is O=C1NC(=O)[C@@]2(CCSc3cc(Br)ccc32)O1. The number of benzene rings is 1. The molecular weight excluding hydrogens is 306 g/mol. The minimum Gasteiger partial charge on any atom is -0.427 e. The van der Waals surface area contributed by atoms with Crippen LogP contribution in [0.3, 0.4) is 0 Å². The van der Waals surface area contributed by atoms with E-state index in [1.165, 1.54) is 0 Å². The molecule has 6 heteroatoms. The van der Waals surface area contributed by atoms with Crippen LogP contribution < -0.4 is 5.32 Å². The molecule has 2 amide bonds. The van der Waals surface area contributed by atoms with Gasteiger partial charge >= 0.3 is 6.09 Å². The molecule has 0 radical (unpaired) electrons. The predicted molar refractivity (Wildman–Crippen MR) is 65.8 cm³/mol. The number of hydrogen-bond acceptors (Lipinski definition) is 4. The molecule has 1 atom stereocenters. The fraction of sp³-hybridized carbons (Fsp3) is 0.273. The van der Waals surface area contributed by atoms with E-state index in [0.29, 0.717) is 6.42 Å². The van der Waals surface area contributed by atoms with Gasteiger partial charge in [-0.15, -0.1) is 11.8 Å². The van der Waals surface area contributed by atoms with Crippen LogP contribution >= 0.6 is 27.7 Å². The molecule has 88 valence electrons. The first-order valence-corrected chi connectivity index (χ1v) is 6.87. The molecule has 0 aliphatic carbocycles. The number of hydrogen-bond donors (Lipinski definition) is 1. The molecule has 1 fully saturated rings. The van der Waals surface area contributed by atoms with Gasteiger partial charge in [0.05, 0.1) is 0 Å². The van der Waals surface area contributed by atoms with Gasteiger partial charge in [-0.25, -0.2) is 4.79 Å². The van der Waals surface area contributed by atoms with Gasteiger partial charge in [0.15, 0.2) is 0 Å². The summed E-state index contributed by atoms with van der Waals surface area (Å²) in [6, 6.07) is 5.63. The highest BCUT2D eigenvalue weighted by Gasteiger charge is 2.52. The Balaban J connectivity index is 2.17. The van der Waals surface area contributed by atoms with E-state index in [1.54, 1.807) is 11.8 Å². The number of fused-ring (bicyclic) bond motifs is 2. The molecule has 0 saturated carbocycles. The van der Waals surface area contributed by atoms with Crippen LogP contribution in [0.25, 0.3) is 0 Å². The van der Waals surface area contributed by atoms with Gasteiger partial charge in [0.2, 0.25) is 5.60 Å². The Morgan fingerprint density at radius 3 is 2.94 bits per heavy atom. The Hall–Kier alpha value is -1.01. The Labute approximate surface area is 110 Å². The van der Waals surface area contributed by atoms with Crippen molar-refractivity contribution in [3.8, 4) is 0 Å². The van der Waals surface area contributed by atoms with Crippen molar-refractivity contribution in [2.24, 2.45) is 0 Å². The largest absolute Gasteiger partial charge is 0.427 e. The van der Waals surface area contributed by atoms with Crippen molar-refractivity contribution in [2.45, 2.75) is 16.9 Å². The molecule has 1 spiro atoms. The van der Waals surface area contributed by atoms with Crippen LogP contribution in [0, 0.1) is 0 Å².